The molecule has 49 heavy (non-hydrogen) atoms. The molecule has 2 aliphatic carbocycles. The SMILES string of the molecule is Cc1cc(C2(c3ccc(O)c(C)c3)CCC(C(C)(C)C3CCC(c4ccc(O)c(C)c4)(c4ccc(O)c(C)c4)C(C)C3)CC2C)ccc1O. The lowest BCUT2D eigenvalue weighted by molar-refractivity contribution is 0.00467. The van der Waals surface area contributed by atoms with Crippen molar-refractivity contribution in [2.45, 2.75) is 105 Å². The van der Waals surface area contributed by atoms with Crippen LogP contribution in [0.1, 0.15) is 111 Å². The first-order valence-electron chi connectivity index (χ1n) is 18.3. The van der Waals surface area contributed by atoms with Crippen LogP contribution < -0.4 is 0 Å². The van der Waals surface area contributed by atoms with Gasteiger partial charge in [0, 0.05) is 10.8 Å². The minimum Gasteiger partial charge on any atom is -0.508 e. The highest BCUT2D eigenvalue weighted by Crippen LogP contribution is 2.60. The zero-order chi connectivity index (χ0) is 35.5. The summed E-state index contributed by atoms with van der Waals surface area (Å²) >= 11 is 0. The van der Waals surface area contributed by atoms with E-state index in [-0.39, 0.29) is 16.2 Å². The molecule has 0 saturated heterocycles. The molecule has 4 atom stereocenters. The Kier molecular flexibility index (Phi) is 9.09. The topological polar surface area (TPSA) is 80.9 Å². The van der Waals surface area contributed by atoms with E-state index in [1.807, 2.05) is 52.0 Å². The molecule has 0 aliphatic heterocycles. The van der Waals surface area contributed by atoms with Crippen LogP contribution in [0.4, 0.5) is 0 Å². The number of benzene rings is 4. The van der Waals surface area contributed by atoms with Gasteiger partial charge in [0.05, 0.1) is 0 Å². The Balaban J connectivity index is 1.32. The Labute approximate surface area is 293 Å². The zero-order valence-electron chi connectivity index (χ0n) is 30.8. The molecular formula is C45H56O4. The van der Waals surface area contributed by atoms with Gasteiger partial charge in [-0.2, -0.15) is 0 Å². The van der Waals surface area contributed by atoms with E-state index >= 15 is 0 Å². The van der Waals surface area contributed by atoms with Crippen LogP contribution in [-0.4, -0.2) is 20.4 Å². The Hall–Kier alpha value is -3.92. The number of aryl methyl sites for hydroxylation is 4. The van der Waals surface area contributed by atoms with Gasteiger partial charge in [0.25, 0.3) is 0 Å². The predicted molar refractivity (Wildman–Crippen MR) is 200 cm³/mol. The molecule has 2 aliphatic rings. The van der Waals surface area contributed by atoms with E-state index in [1.54, 1.807) is 0 Å². The first-order chi connectivity index (χ1) is 23.1. The highest BCUT2D eigenvalue weighted by Gasteiger charge is 2.52. The predicted octanol–water partition coefficient (Wildman–Crippen LogP) is 10.9. The number of rotatable bonds is 6. The molecule has 4 heteroatoms. The third kappa shape index (κ3) is 5.79. The van der Waals surface area contributed by atoms with Crippen LogP contribution in [0.25, 0.3) is 0 Å². The molecule has 0 radical (unpaired) electrons. The van der Waals surface area contributed by atoms with Gasteiger partial charge in [0.15, 0.2) is 0 Å². The molecule has 0 heterocycles. The van der Waals surface area contributed by atoms with Gasteiger partial charge in [0.2, 0.25) is 0 Å². The molecule has 0 spiro atoms. The van der Waals surface area contributed by atoms with Gasteiger partial charge in [-0.1, -0.05) is 76.2 Å². The number of hydrogen-bond donors (Lipinski definition) is 4. The molecule has 0 amide bonds. The Morgan fingerprint density at radius 3 is 0.980 bits per heavy atom. The molecule has 4 N–H and O–H groups in total. The molecular weight excluding hydrogens is 604 g/mol. The highest BCUT2D eigenvalue weighted by molar-refractivity contribution is 5.50. The maximum atomic E-state index is 10.4. The summed E-state index contributed by atoms with van der Waals surface area (Å²) in [6, 6.07) is 24.6. The van der Waals surface area contributed by atoms with E-state index in [1.165, 1.54) is 22.3 Å². The number of hydrogen-bond acceptors (Lipinski definition) is 4. The largest absolute Gasteiger partial charge is 0.508 e. The lowest BCUT2D eigenvalue weighted by Crippen LogP contribution is -2.48. The van der Waals surface area contributed by atoms with Gasteiger partial charge < -0.3 is 20.4 Å². The van der Waals surface area contributed by atoms with Gasteiger partial charge in [-0.25, -0.2) is 0 Å². The number of aromatic hydroxyl groups is 4. The maximum absolute atomic E-state index is 10.4. The Morgan fingerprint density at radius 1 is 0.490 bits per heavy atom. The van der Waals surface area contributed by atoms with Crippen molar-refractivity contribution < 1.29 is 20.4 Å². The average Bonchev–Trinajstić information content (AvgIpc) is 3.06. The lowest BCUT2D eigenvalue weighted by atomic mass is 9.49. The fourth-order valence-corrected chi connectivity index (χ4v) is 10.3. The van der Waals surface area contributed by atoms with Crippen LogP contribution in [0, 0.1) is 56.8 Å². The first kappa shape index (κ1) is 34.9. The van der Waals surface area contributed by atoms with E-state index < -0.39 is 0 Å². The number of phenolic OH excluding ortho intramolecular Hbond substituents is 4. The minimum absolute atomic E-state index is 0.131. The quantitative estimate of drug-likeness (QED) is 0.166. The van der Waals surface area contributed by atoms with Crippen LogP contribution in [0.2, 0.25) is 0 Å². The van der Waals surface area contributed by atoms with Crippen LogP contribution in [0.15, 0.2) is 72.8 Å². The average molecular weight is 661 g/mol. The zero-order valence-corrected chi connectivity index (χ0v) is 30.8. The normalized spacial score (nSPS) is 23.7. The van der Waals surface area contributed by atoms with E-state index in [0.29, 0.717) is 46.7 Å². The van der Waals surface area contributed by atoms with Gasteiger partial charge in [-0.3, -0.25) is 0 Å². The highest BCUT2D eigenvalue weighted by atomic mass is 16.3. The summed E-state index contributed by atoms with van der Waals surface area (Å²) in [7, 11) is 0. The molecule has 2 fully saturated rings. The van der Waals surface area contributed by atoms with Crippen LogP contribution in [0.5, 0.6) is 23.0 Å². The summed E-state index contributed by atoms with van der Waals surface area (Å²) in [6.45, 7) is 17.8. The maximum Gasteiger partial charge on any atom is 0.118 e. The summed E-state index contributed by atoms with van der Waals surface area (Å²) in [5, 5.41) is 41.7. The summed E-state index contributed by atoms with van der Waals surface area (Å²) in [4.78, 5) is 0. The van der Waals surface area contributed by atoms with Crippen molar-refractivity contribution in [2.24, 2.45) is 29.1 Å². The number of phenols is 4. The van der Waals surface area contributed by atoms with Gasteiger partial charge in [0.1, 0.15) is 23.0 Å². The molecule has 0 aromatic heterocycles. The van der Waals surface area contributed by atoms with Crippen molar-refractivity contribution in [3.05, 3.63) is 117 Å². The molecule has 4 aromatic carbocycles. The smallest absolute Gasteiger partial charge is 0.118 e. The second kappa shape index (κ2) is 12.8. The standard InChI is InChI=1S/C45H56O4/c1-27-21-35(9-13-39(27)46)44(36-10-14-40(47)28(2)22-36)19-17-33(25-31(44)5)43(7,8)34-18-20-45(32(6)26-34,37-11-15-41(48)29(3)23-37)38-12-16-42(49)30(4)24-38/h9-16,21-24,31-34,46-49H,17-20,25-26H2,1-8H3. The van der Waals surface area contributed by atoms with Gasteiger partial charge >= 0.3 is 0 Å². The van der Waals surface area contributed by atoms with E-state index in [2.05, 4.69) is 76.2 Å². The monoisotopic (exact) mass is 660 g/mol. The summed E-state index contributed by atoms with van der Waals surface area (Å²) in [5.41, 5.74) is 8.32. The molecule has 260 valence electrons. The van der Waals surface area contributed by atoms with E-state index in [4.69, 9.17) is 0 Å². The first-order valence-corrected chi connectivity index (χ1v) is 18.3. The van der Waals surface area contributed by atoms with Crippen LogP contribution in [-0.2, 0) is 10.8 Å². The molecule has 4 nitrogen and oxygen atoms in total. The minimum atomic E-state index is -0.202. The fourth-order valence-electron chi connectivity index (χ4n) is 10.3. The summed E-state index contributed by atoms with van der Waals surface area (Å²) < 4.78 is 0. The molecule has 4 aromatic rings. The third-order valence-corrected chi connectivity index (χ3v) is 13.7. The molecule has 4 unspecified atom stereocenters. The second-order valence-electron chi connectivity index (χ2n) is 16.5. The lowest BCUT2D eigenvalue weighted by Gasteiger charge is -2.55. The van der Waals surface area contributed by atoms with Crippen molar-refractivity contribution >= 4 is 0 Å². The Morgan fingerprint density at radius 2 is 0.755 bits per heavy atom. The van der Waals surface area contributed by atoms with Crippen molar-refractivity contribution in [2.75, 3.05) is 0 Å². The van der Waals surface area contributed by atoms with Crippen LogP contribution in [0.3, 0.4) is 0 Å². The molecule has 6 rings (SSSR count). The fraction of sp³-hybridized carbons (Fsp3) is 0.467. The second-order valence-corrected chi connectivity index (χ2v) is 16.5. The molecule has 0 bridgehead atoms. The van der Waals surface area contributed by atoms with Crippen LogP contribution >= 0.6 is 0 Å². The van der Waals surface area contributed by atoms with E-state index in [9.17, 15) is 20.4 Å². The van der Waals surface area contributed by atoms with Crippen molar-refractivity contribution in [1.29, 1.82) is 0 Å². The van der Waals surface area contributed by atoms with E-state index in [0.717, 1.165) is 60.8 Å². The third-order valence-electron chi connectivity index (χ3n) is 13.7. The van der Waals surface area contributed by atoms with Crippen molar-refractivity contribution in [3.63, 3.8) is 0 Å². The summed E-state index contributed by atoms with van der Waals surface area (Å²) in [5.74, 6) is 3.15. The van der Waals surface area contributed by atoms with Gasteiger partial charge in [-0.15, -0.1) is 0 Å². The van der Waals surface area contributed by atoms with Crippen molar-refractivity contribution in [3.8, 4) is 23.0 Å². The van der Waals surface area contributed by atoms with Crippen molar-refractivity contribution in [1.82, 2.24) is 0 Å². The summed E-state index contributed by atoms with van der Waals surface area (Å²) in [6.07, 6.45) is 6.47. The Bertz CT molecular complexity index is 1620. The molecule has 2 saturated carbocycles. The van der Waals surface area contributed by atoms with Gasteiger partial charge in [-0.05, 0) is 164 Å².